The first kappa shape index (κ1) is 37.6. The number of nitrogens with one attached hydrogen (secondary N) is 2. The van der Waals surface area contributed by atoms with Gasteiger partial charge in [0.25, 0.3) is 0 Å². The van der Waals surface area contributed by atoms with Crippen LogP contribution in [0.4, 0.5) is 0 Å². The Labute approximate surface area is 281 Å². The van der Waals surface area contributed by atoms with Crippen LogP contribution in [0, 0.1) is 57.2 Å². The zero-order valence-electron chi connectivity index (χ0n) is 30.9. The average Bonchev–Trinajstić information content (AvgIpc) is 3.21. The second-order valence-electron chi connectivity index (χ2n) is 17.6. The fourth-order valence-corrected chi connectivity index (χ4v) is 12.1. The minimum atomic E-state index is -0.424. The molecule has 0 radical (unpaired) electrons. The van der Waals surface area contributed by atoms with Crippen molar-refractivity contribution in [3.05, 3.63) is 0 Å². The van der Waals surface area contributed by atoms with E-state index in [1.54, 1.807) is 6.92 Å². The number of nitrogens with two attached hydrogens (primary N) is 1. The van der Waals surface area contributed by atoms with Crippen LogP contribution >= 0.6 is 0 Å². The van der Waals surface area contributed by atoms with Crippen molar-refractivity contribution in [1.29, 1.82) is 0 Å². The molecule has 0 aromatic rings. The lowest BCUT2D eigenvalue weighted by molar-refractivity contribution is -0.208. The Bertz CT molecular complexity index is 1040. The van der Waals surface area contributed by atoms with Gasteiger partial charge in [0.2, 0.25) is 5.91 Å². The number of aliphatic hydroxyl groups excluding tert-OH is 1. The zero-order chi connectivity index (χ0) is 33.9. The van der Waals surface area contributed by atoms with Crippen molar-refractivity contribution in [2.24, 2.45) is 62.9 Å². The molecule has 4 aliphatic carbocycles. The fraction of sp³-hybridized carbons (Fsp3) is 0.949. The molecule has 4 fully saturated rings. The van der Waals surface area contributed by atoms with Crippen LogP contribution in [0.1, 0.15) is 139 Å². The largest absolute Gasteiger partial charge is 0.462 e. The van der Waals surface area contributed by atoms with E-state index in [1.807, 2.05) is 0 Å². The van der Waals surface area contributed by atoms with Gasteiger partial charge in [-0.1, -0.05) is 61.3 Å². The van der Waals surface area contributed by atoms with Crippen molar-refractivity contribution in [3.8, 4) is 0 Å². The van der Waals surface area contributed by atoms with Crippen molar-refractivity contribution in [2.75, 3.05) is 26.2 Å². The van der Waals surface area contributed by atoms with Crippen LogP contribution in [-0.2, 0) is 14.3 Å². The predicted octanol–water partition coefficient (Wildman–Crippen LogP) is 6.85. The number of hydrogen-bond donors (Lipinski definition) is 4. The van der Waals surface area contributed by atoms with Gasteiger partial charge in [0.1, 0.15) is 6.10 Å². The summed E-state index contributed by atoms with van der Waals surface area (Å²) in [6, 6.07) is 0. The number of fused-ring (bicyclic) bond motifs is 5. The van der Waals surface area contributed by atoms with Crippen LogP contribution in [0.2, 0.25) is 0 Å². The van der Waals surface area contributed by atoms with Crippen molar-refractivity contribution in [3.63, 3.8) is 0 Å². The molecule has 1 amide bonds. The monoisotopic (exact) mass is 646 g/mol. The smallest absolute Gasteiger partial charge is 0.302 e. The van der Waals surface area contributed by atoms with Gasteiger partial charge in [-0.05, 0) is 136 Å². The summed E-state index contributed by atoms with van der Waals surface area (Å²) in [5.74, 6) is 2.09. The highest BCUT2D eigenvalue weighted by atomic mass is 16.5. The Morgan fingerprint density at radius 3 is 2.24 bits per heavy atom. The molecule has 0 saturated heterocycles. The first-order valence-electron chi connectivity index (χ1n) is 19.2. The molecule has 7 heteroatoms. The van der Waals surface area contributed by atoms with Gasteiger partial charge < -0.3 is 26.2 Å². The van der Waals surface area contributed by atoms with Crippen LogP contribution in [0.5, 0.6) is 0 Å². The molecule has 0 bridgehead atoms. The molecule has 46 heavy (non-hydrogen) atoms. The van der Waals surface area contributed by atoms with Crippen LogP contribution in [0.25, 0.3) is 0 Å². The maximum Gasteiger partial charge on any atom is 0.302 e. The minimum Gasteiger partial charge on any atom is -0.462 e. The van der Waals surface area contributed by atoms with E-state index in [1.165, 1.54) is 0 Å². The van der Waals surface area contributed by atoms with Crippen molar-refractivity contribution in [2.45, 2.75) is 151 Å². The van der Waals surface area contributed by atoms with E-state index in [9.17, 15) is 14.7 Å². The number of ether oxygens (including phenoxy) is 1. The topological polar surface area (TPSA) is 114 Å². The first-order valence-corrected chi connectivity index (χ1v) is 19.2. The Kier molecular flexibility index (Phi) is 12.4. The zero-order valence-corrected chi connectivity index (χ0v) is 30.9. The summed E-state index contributed by atoms with van der Waals surface area (Å²) in [7, 11) is 0. The van der Waals surface area contributed by atoms with Gasteiger partial charge in [-0.3, -0.25) is 9.59 Å². The number of rotatable bonds is 15. The molecule has 0 spiro atoms. The Morgan fingerprint density at radius 1 is 0.891 bits per heavy atom. The van der Waals surface area contributed by atoms with Gasteiger partial charge in [0.15, 0.2) is 0 Å². The minimum absolute atomic E-state index is 0.0379. The number of aliphatic hydroxyl groups is 1. The number of hydrogen-bond acceptors (Lipinski definition) is 6. The lowest BCUT2D eigenvalue weighted by Gasteiger charge is -2.68. The molecule has 8 unspecified atom stereocenters. The third-order valence-corrected chi connectivity index (χ3v) is 14.8. The normalized spacial score (nSPS) is 40.9. The summed E-state index contributed by atoms with van der Waals surface area (Å²) in [5.41, 5.74) is 5.45. The van der Waals surface area contributed by atoms with E-state index < -0.39 is 5.41 Å². The Morgan fingerprint density at radius 2 is 1.57 bits per heavy atom. The van der Waals surface area contributed by atoms with E-state index in [4.69, 9.17) is 10.5 Å². The summed E-state index contributed by atoms with van der Waals surface area (Å²) >= 11 is 0. The van der Waals surface area contributed by atoms with E-state index in [0.29, 0.717) is 42.7 Å². The van der Waals surface area contributed by atoms with Crippen molar-refractivity contribution in [1.82, 2.24) is 10.6 Å². The lowest BCUT2D eigenvalue weighted by atomic mass is 9.36. The molecule has 0 aromatic carbocycles. The molecular weight excluding hydrogens is 574 g/mol. The van der Waals surface area contributed by atoms with E-state index in [2.05, 4.69) is 59.1 Å². The van der Waals surface area contributed by atoms with Gasteiger partial charge in [0.05, 0.1) is 6.10 Å². The highest BCUT2D eigenvalue weighted by Gasteiger charge is 2.73. The summed E-state index contributed by atoms with van der Waals surface area (Å²) in [5, 5.41) is 17.7. The van der Waals surface area contributed by atoms with E-state index >= 15 is 0 Å². The van der Waals surface area contributed by atoms with Gasteiger partial charge in [-0.2, -0.15) is 0 Å². The number of carbonyl (C=O) groups is 2. The second-order valence-corrected chi connectivity index (χ2v) is 17.6. The lowest BCUT2D eigenvalue weighted by Crippen LogP contribution is -2.62. The summed E-state index contributed by atoms with van der Waals surface area (Å²) < 4.78 is 6.35. The van der Waals surface area contributed by atoms with Crippen LogP contribution in [0.3, 0.4) is 0 Å². The average molecular weight is 646 g/mol. The van der Waals surface area contributed by atoms with Gasteiger partial charge in [-0.15, -0.1) is 0 Å². The first-order chi connectivity index (χ1) is 21.7. The standard InChI is InChI=1S/C39H71N3O4/c1-26(2)13-11-14-30(35(45)42-24-10-9-22-41-23-12-21-40)39(8)33-16-15-32-36(5)19-18-31(44)27(3)29(36)17-20-37(32,6)38(33,7)25-34(39)46-28(4)43/h26-27,29-34,41,44H,9-25,40H2,1-8H3,(H,42,45)/t27-,29?,30+,31?,32?,33?,34?,36?,37-,38?,39?/m0/s1. The molecule has 4 rings (SSSR count). The molecule has 7 nitrogen and oxygen atoms in total. The van der Waals surface area contributed by atoms with Gasteiger partial charge in [-0.25, -0.2) is 0 Å². The number of esters is 1. The number of carbonyl (C=O) groups excluding carboxylic acids is 2. The van der Waals surface area contributed by atoms with Gasteiger partial charge in [0, 0.05) is 24.8 Å². The molecule has 5 N–H and O–H groups in total. The van der Waals surface area contributed by atoms with Crippen molar-refractivity contribution < 1.29 is 19.4 Å². The third-order valence-electron chi connectivity index (χ3n) is 14.8. The molecule has 266 valence electrons. The number of unbranched alkanes of at least 4 members (excludes halogenated alkanes) is 1. The highest BCUT2D eigenvalue weighted by Crippen LogP contribution is 2.77. The third kappa shape index (κ3) is 6.95. The van der Waals surface area contributed by atoms with Crippen molar-refractivity contribution >= 4 is 11.9 Å². The van der Waals surface area contributed by atoms with Crippen LogP contribution < -0.4 is 16.4 Å². The summed E-state index contributed by atoms with van der Waals surface area (Å²) in [4.78, 5) is 27.1. The fourth-order valence-electron chi connectivity index (χ4n) is 12.1. The van der Waals surface area contributed by atoms with E-state index in [0.717, 1.165) is 96.6 Å². The molecule has 0 heterocycles. The Balaban J connectivity index is 1.62. The Hall–Kier alpha value is -1.18. The maximum absolute atomic E-state index is 14.4. The summed E-state index contributed by atoms with van der Waals surface area (Å²) in [6.45, 7) is 21.6. The molecule has 11 atom stereocenters. The quantitative estimate of drug-likeness (QED) is 0.114. The molecule has 0 aromatic heterocycles. The molecule has 0 aliphatic heterocycles. The summed E-state index contributed by atoms with van der Waals surface area (Å²) in [6.07, 6.45) is 12.8. The molecule has 4 aliphatic rings. The SMILES string of the molecule is CC(=O)OC1CC2(C)C(CCC3C4(C)CCC(O)[C@@H](C)C4CC[C@@]32C)C1(C)[C@H](CCCC(C)C)C(=O)NCCCCNCCCN. The highest BCUT2D eigenvalue weighted by molar-refractivity contribution is 5.80. The molecular formula is C39H71N3O4. The van der Waals surface area contributed by atoms with E-state index in [-0.39, 0.29) is 46.2 Å². The number of amides is 1. The van der Waals surface area contributed by atoms with Gasteiger partial charge >= 0.3 is 5.97 Å². The van der Waals surface area contributed by atoms with Crippen LogP contribution in [0.15, 0.2) is 0 Å². The molecule has 4 saturated carbocycles. The van der Waals surface area contributed by atoms with Crippen LogP contribution in [-0.4, -0.2) is 55.4 Å². The maximum atomic E-state index is 14.4. The second kappa shape index (κ2) is 15.2. The predicted molar refractivity (Wildman–Crippen MR) is 187 cm³/mol.